The zero-order chi connectivity index (χ0) is 15.0. The van der Waals surface area contributed by atoms with Gasteiger partial charge in [-0.25, -0.2) is 0 Å². The van der Waals surface area contributed by atoms with Gasteiger partial charge in [0.2, 0.25) is 0 Å². The van der Waals surface area contributed by atoms with E-state index in [2.05, 4.69) is 43.1 Å². The van der Waals surface area contributed by atoms with E-state index in [4.69, 9.17) is 4.74 Å². The summed E-state index contributed by atoms with van der Waals surface area (Å²) in [6.07, 6.45) is 4.18. The number of esters is 1. The molecule has 0 aliphatic carbocycles. The summed E-state index contributed by atoms with van der Waals surface area (Å²) in [4.78, 5) is 14.4. The van der Waals surface area contributed by atoms with Gasteiger partial charge in [0.05, 0.1) is 13.5 Å². The van der Waals surface area contributed by atoms with E-state index < -0.39 is 0 Å². The van der Waals surface area contributed by atoms with Crippen molar-refractivity contribution in [3.05, 3.63) is 35.4 Å². The number of fused-ring (bicyclic) bond motifs is 2. The largest absolute Gasteiger partial charge is 0.469 e. The molecule has 0 saturated carbocycles. The van der Waals surface area contributed by atoms with Gasteiger partial charge < -0.3 is 9.64 Å². The normalized spacial score (nSPS) is 32.1. The number of carbonyl (C=O) groups excluding carboxylic acids is 1. The zero-order valence-electron chi connectivity index (χ0n) is 13.2. The average molecular weight is 287 g/mol. The molecule has 3 rings (SSSR count). The molecule has 2 fully saturated rings. The Balaban J connectivity index is 1.89. The fourth-order valence-corrected chi connectivity index (χ4v) is 4.33. The number of carbonyl (C=O) groups is 1. The van der Waals surface area contributed by atoms with E-state index in [-0.39, 0.29) is 5.97 Å². The second-order valence-corrected chi connectivity index (χ2v) is 6.66. The van der Waals surface area contributed by atoms with Gasteiger partial charge in [-0.05, 0) is 50.6 Å². The minimum absolute atomic E-state index is 0.0733. The minimum atomic E-state index is -0.0733. The highest BCUT2D eigenvalue weighted by Crippen LogP contribution is 2.47. The lowest BCUT2D eigenvalue weighted by Gasteiger charge is -2.43. The second kappa shape index (κ2) is 5.80. The van der Waals surface area contributed by atoms with Crippen molar-refractivity contribution in [2.45, 2.75) is 50.6 Å². The van der Waals surface area contributed by atoms with Crippen molar-refractivity contribution in [1.29, 1.82) is 0 Å². The standard InChI is InChI=1S/C18H25NO2/c1-12-4-6-13(7-5-12)15-10-14-8-9-17(19(14)2)16(15)11-18(20)21-3/h4-7,14-17H,8-11H2,1-3H3/t14-,15-,16?,17?/m1/s1. The topological polar surface area (TPSA) is 29.5 Å². The first kappa shape index (κ1) is 14.6. The molecule has 2 unspecified atom stereocenters. The molecule has 1 aromatic carbocycles. The third-order valence-corrected chi connectivity index (χ3v) is 5.57. The molecule has 0 amide bonds. The van der Waals surface area contributed by atoms with Crippen LogP contribution in [0.3, 0.4) is 0 Å². The van der Waals surface area contributed by atoms with Crippen molar-refractivity contribution in [2.24, 2.45) is 5.92 Å². The molecular formula is C18H25NO2. The number of rotatable bonds is 3. The van der Waals surface area contributed by atoms with Crippen LogP contribution < -0.4 is 0 Å². The first-order valence-corrected chi connectivity index (χ1v) is 7.95. The lowest BCUT2D eigenvalue weighted by atomic mass is 9.74. The van der Waals surface area contributed by atoms with E-state index in [1.165, 1.54) is 31.1 Å². The molecule has 1 aromatic rings. The summed E-state index contributed by atoms with van der Waals surface area (Å²) in [6.45, 7) is 2.12. The van der Waals surface area contributed by atoms with Crippen LogP contribution in [0.15, 0.2) is 24.3 Å². The van der Waals surface area contributed by atoms with Gasteiger partial charge in [-0.2, -0.15) is 0 Å². The molecule has 2 aliphatic heterocycles. The number of piperidine rings is 1. The third kappa shape index (κ3) is 2.71. The Morgan fingerprint density at radius 1 is 1.29 bits per heavy atom. The van der Waals surface area contributed by atoms with E-state index in [0.717, 1.165) is 6.42 Å². The van der Waals surface area contributed by atoms with Crippen LogP contribution in [0.5, 0.6) is 0 Å². The van der Waals surface area contributed by atoms with Gasteiger partial charge in [-0.1, -0.05) is 29.8 Å². The lowest BCUT2D eigenvalue weighted by molar-refractivity contribution is -0.142. The van der Waals surface area contributed by atoms with E-state index >= 15 is 0 Å². The molecule has 3 nitrogen and oxygen atoms in total. The summed E-state index contributed by atoms with van der Waals surface area (Å²) >= 11 is 0. The van der Waals surface area contributed by atoms with Gasteiger partial charge in [0.1, 0.15) is 0 Å². The van der Waals surface area contributed by atoms with Crippen LogP contribution >= 0.6 is 0 Å². The quantitative estimate of drug-likeness (QED) is 0.800. The van der Waals surface area contributed by atoms with Crippen molar-refractivity contribution >= 4 is 5.97 Å². The molecule has 21 heavy (non-hydrogen) atoms. The van der Waals surface area contributed by atoms with E-state index in [1.54, 1.807) is 0 Å². The van der Waals surface area contributed by atoms with E-state index in [9.17, 15) is 4.79 Å². The van der Waals surface area contributed by atoms with Crippen LogP contribution in [0.2, 0.25) is 0 Å². The summed E-state index contributed by atoms with van der Waals surface area (Å²) in [5, 5.41) is 0. The maximum absolute atomic E-state index is 11.9. The maximum Gasteiger partial charge on any atom is 0.305 e. The molecular weight excluding hydrogens is 262 g/mol. The average Bonchev–Trinajstić information content (AvgIpc) is 2.73. The van der Waals surface area contributed by atoms with E-state index in [1.807, 2.05) is 0 Å². The lowest BCUT2D eigenvalue weighted by Crippen LogP contribution is -2.46. The Bertz CT molecular complexity index is 510. The third-order valence-electron chi connectivity index (χ3n) is 5.57. The zero-order valence-corrected chi connectivity index (χ0v) is 13.2. The van der Waals surface area contributed by atoms with Crippen molar-refractivity contribution in [3.8, 4) is 0 Å². The van der Waals surface area contributed by atoms with Gasteiger partial charge in [0.15, 0.2) is 0 Å². The number of hydrogen-bond acceptors (Lipinski definition) is 3. The Morgan fingerprint density at radius 2 is 2.00 bits per heavy atom. The summed E-state index contributed by atoms with van der Waals surface area (Å²) in [7, 11) is 3.71. The predicted molar refractivity (Wildman–Crippen MR) is 83.2 cm³/mol. The van der Waals surface area contributed by atoms with Crippen LogP contribution in [0, 0.1) is 12.8 Å². The molecule has 0 N–H and O–H groups in total. The van der Waals surface area contributed by atoms with Gasteiger partial charge in [-0.15, -0.1) is 0 Å². The molecule has 2 heterocycles. The number of benzene rings is 1. The van der Waals surface area contributed by atoms with Crippen molar-refractivity contribution in [2.75, 3.05) is 14.2 Å². The molecule has 2 saturated heterocycles. The van der Waals surface area contributed by atoms with Crippen LogP contribution in [0.1, 0.15) is 42.7 Å². The molecule has 2 bridgehead atoms. The maximum atomic E-state index is 11.9. The van der Waals surface area contributed by atoms with E-state index in [0.29, 0.717) is 30.3 Å². The van der Waals surface area contributed by atoms with Crippen LogP contribution in [-0.4, -0.2) is 37.1 Å². The first-order chi connectivity index (χ1) is 10.1. The van der Waals surface area contributed by atoms with Gasteiger partial charge in [-0.3, -0.25) is 4.79 Å². The molecule has 2 aliphatic rings. The molecule has 4 atom stereocenters. The van der Waals surface area contributed by atoms with Gasteiger partial charge in [0, 0.05) is 12.1 Å². The van der Waals surface area contributed by atoms with Crippen LogP contribution in [-0.2, 0) is 9.53 Å². The molecule has 114 valence electrons. The summed E-state index contributed by atoms with van der Waals surface area (Å²) in [6, 6.07) is 10.1. The smallest absolute Gasteiger partial charge is 0.305 e. The molecule has 3 heteroatoms. The highest BCUT2D eigenvalue weighted by molar-refractivity contribution is 5.69. The molecule has 0 radical (unpaired) electrons. The minimum Gasteiger partial charge on any atom is -0.469 e. The summed E-state index contributed by atoms with van der Waals surface area (Å²) < 4.78 is 4.94. The van der Waals surface area contributed by atoms with Crippen LogP contribution in [0.4, 0.5) is 0 Å². The number of aryl methyl sites for hydroxylation is 1. The van der Waals surface area contributed by atoms with Gasteiger partial charge >= 0.3 is 5.97 Å². The Kier molecular flexibility index (Phi) is 4.03. The molecule has 0 spiro atoms. The van der Waals surface area contributed by atoms with Crippen molar-refractivity contribution in [1.82, 2.24) is 4.90 Å². The summed E-state index contributed by atoms with van der Waals surface area (Å²) in [5.74, 6) is 0.790. The predicted octanol–water partition coefficient (Wildman–Crippen LogP) is 3.12. The monoisotopic (exact) mass is 287 g/mol. The fraction of sp³-hybridized carbons (Fsp3) is 0.611. The number of nitrogens with zero attached hydrogens (tertiary/aromatic N) is 1. The highest BCUT2D eigenvalue weighted by Gasteiger charge is 2.46. The van der Waals surface area contributed by atoms with Crippen LogP contribution in [0.25, 0.3) is 0 Å². The number of hydrogen-bond donors (Lipinski definition) is 0. The molecule has 0 aromatic heterocycles. The Morgan fingerprint density at radius 3 is 2.67 bits per heavy atom. The Labute approximate surface area is 127 Å². The van der Waals surface area contributed by atoms with Crippen molar-refractivity contribution in [3.63, 3.8) is 0 Å². The SMILES string of the molecule is COC(=O)CC1C2CC[C@H](C[C@@H]1c1ccc(C)cc1)N2C. The second-order valence-electron chi connectivity index (χ2n) is 6.66. The fourth-order valence-electron chi connectivity index (χ4n) is 4.33. The number of methoxy groups -OCH3 is 1. The van der Waals surface area contributed by atoms with Crippen molar-refractivity contribution < 1.29 is 9.53 Å². The van der Waals surface area contributed by atoms with Gasteiger partial charge in [0.25, 0.3) is 0 Å². The Hall–Kier alpha value is -1.35. The highest BCUT2D eigenvalue weighted by atomic mass is 16.5. The summed E-state index contributed by atoms with van der Waals surface area (Å²) in [5.41, 5.74) is 2.68. The first-order valence-electron chi connectivity index (χ1n) is 7.95. The number of ether oxygens (including phenoxy) is 1.